The zero-order chi connectivity index (χ0) is 13.9. The number of nitrogens with one attached hydrogen (secondary N) is 1. The third-order valence-corrected chi connectivity index (χ3v) is 3.04. The van der Waals surface area contributed by atoms with E-state index in [1.807, 2.05) is 29.7 Å². The normalized spacial score (nSPS) is 10.4. The van der Waals surface area contributed by atoms with E-state index in [1.165, 1.54) is 0 Å². The van der Waals surface area contributed by atoms with E-state index < -0.39 is 0 Å². The molecule has 0 saturated heterocycles. The number of nitriles is 1. The highest BCUT2D eigenvalue weighted by atomic mass is 15.3. The number of nitrogens with zero attached hydrogens (tertiary/aromatic N) is 5. The number of benzene rings is 1. The van der Waals surface area contributed by atoms with Crippen LogP contribution in [0.3, 0.4) is 0 Å². The average molecular weight is 264 g/mol. The smallest absolute Gasteiger partial charge is 0.203 e. The minimum absolute atomic E-state index is 0.615. The Balaban J connectivity index is 1.81. The number of rotatable bonds is 3. The van der Waals surface area contributed by atoms with E-state index in [2.05, 4.69) is 26.6 Å². The number of aryl methyl sites for hydroxylation is 1. The van der Waals surface area contributed by atoms with Crippen LogP contribution >= 0.6 is 0 Å². The van der Waals surface area contributed by atoms with Gasteiger partial charge in [0.05, 0.1) is 11.6 Å². The van der Waals surface area contributed by atoms with E-state index >= 15 is 0 Å². The van der Waals surface area contributed by atoms with Gasteiger partial charge in [0, 0.05) is 18.9 Å². The molecule has 0 aliphatic carbocycles. The van der Waals surface area contributed by atoms with E-state index in [0.29, 0.717) is 23.6 Å². The third kappa shape index (κ3) is 2.17. The molecular weight excluding hydrogens is 252 g/mol. The molecule has 3 aromatic rings. The first-order valence-corrected chi connectivity index (χ1v) is 6.17. The number of hydrogen-bond donors (Lipinski definition) is 1. The predicted octanol–water partition coefficient (Wildman–Crippen LogP) is 1.92. The maximum atomic E-state index is 8.76. The zero-order valence-corrected chi connectivity index (χ0v) is 10.9. The van der Waals surface area contributed by atoms with Gasteiger partial charge < -0.3 is 5.32 Å². The maximum Gasteiger partial charge on any atom is 0.203 e. The molecule has 0 unspecified atom stereocenters. The van der Waals surface area contributed by atoms with Gasteiger partial charge >= 0.3 is 0 Å². The first-order chi connectivity index (χ1) is 9.78. The summed E-state index contributed by atoms with van der Waals surface area (Å²) in [7, 11) is 0. The van der Waals surface area contributed by atoms with Crippen LogP contribution in [0.1, 0.15) is 17.0 Å². The van der Waals surface area contributed by atoms with Crippen LogP contribution in [0.15, 0.2) is 36.7 Å². The van der Waals surface area contributed by atoms with E-state index in [-0.39, 0.29) is 0 Å². The molecular formula is C14H12N6. The van der Waals surface area contributed by atoms with E-state index in [1.54, 1.807) is 18.3 Å². The van der Waals surface area contributed by atoms with Gasteiger partial charge in [-0.15, -0.1) is 10.2 Å². The molecule has 20 heavy (non-hydrogen) atoms. The second kappa shape index (κ2) is 4.97. The molecule has 2 aromatic heterocycles. The summed E-state index contributed by atoms with van der Waals surface area (Å²) in [5.41, 5.74) is 2.43. The maximum absolute atomic E-state index is 8.76. The van der Waals surface area contributed by atoms with Crippen LogP contribution < -0.4 is 5.32 Å². The van der Waals surface area contributed by atoms with Crippen molar-refractivity contribution in [3.8, 4) is 6.07 Å². The van der Waals surface area contributed by atoms with Crippen molar-refractivity contribution >= 4 is 11.5 Å². The second-order valence-electron chi connectivity index (χ2n) is 4.38. The van der Waals surface area contributed by atoms with Crippen LogP contribution in [0.25, 0.3) is 5.65 Å². The van der Waals surface area contributed by atoms with Crippen molar-refractivity contribution in [2.45, 2.75) is 13.5 Å². The van der Waals surface area contributed by atoms with Gasteiger partial charge in [-0.05, 0) is 24.6 Å². The summed E-state index contributed by atoms with van der Waals surface area (Å²) in [5, 5.41) is 20.1. The van der Waals surface area contributed by atoms with E-state index in [4.69, 9.17) is 5.26 Å². The quantitative estimate of drug-likeness (QED) is 0.781. The zero-order valence-electron chi connectivity index (χ0n) is 10.9. The predicted molar refractivity (Wildman–Crippen MR) is 74.0 cm³/mol. The molecule has 3 rings (SSSR count). The van der Waals surface area contributed by atoms with Gasteiger partial charge in [0.2, 0.25) is 5.65 Å². The molecule has 0 fully saturated rings. The SMILES string of the molecule is Cc1nnc2c(NCc3ccc(C#N)cc3)nccn12. The standard InChI is InChI=1S/C14H12N6/c1-10-18-19-14-13(16-6-7-20(10)14)17-9-12-4-2-11(8-15)3-5-12/h2-7H,9H2,1H3,(H,16,17). The van der Waals surface area contributed by atoms with Crippen LogP contribution in [0.5, 0.6) is 0 Å². The molecule has 0 spiro atoms. The topological polar surface area (TPSA) is 78.9 Å². The van der Waals surface area contributed by atoms with Crippen LogP contribution in [0.4, 0.5) is 5.82 Å². The van der Waals surface area contributed by atoms with Gasteiger partial charge in [0.15, 0.2) is 5.82 Å². The fourth-order valence-electron chi connectivity index (χ4n) is 1.95. The summed E-state index contributed by atoms with van der Waals surface area (Å²) >= 11 is 0. The fourth-order valence-corrected chi connectivity index (χ4v) is 1.95. The summed E-state index contributed by atoms with van der Waals surface area (Å²) in [5.74, 6) is 1.52. The summed E-state index contributed by atoms with van der Waals surface area (Å²) in [4.78, 5) is 4.28. The van der Waals surface area contributed by atoms with Gasteiger partial charge in [-0.3, -0.25) is 4.40 Å². The average Bonchev–Trinajstić information content (AvgIpc) is 2.88. The number of fused-ring (bicyclic) bond motifs is 1. The Labute approximate surface area is 115 Å². The van der Waals surface area contributed by atoms with Crippen molar-refractivity contribution in [3.05, 3.63) is 53.6 Å². The molecule has 0 bridgehead atoms. The highest BCUT2D eigenvalue weighted by molar-refractivity contribution is 5.62. The number of aromatic nitrogens is 4. The first-order valence-electron chi connectivity index (χ1n) is 6.17. The molecule has 2 heterocycles. The highest BCUT2D eigenvalue weighted by Crippen LogP contribution is 2.13. The summed E-state index contributed by atoms with van der Waals surface area (Å²) in [6.07, 6.45) is 3.54. The van der Waals surface area contributed by atoms with Crippen molar-refractivity contribution in [2.24, 2.45) is 0 Å². The van der Waals surface area contributed by atoms with Gasteiger partial charge in [0.25, 0.3) is 0 Å². The Hall–Kier alpha value is -2.94. The minimum atomic E-state index is 0.615. The molecule has 0 aliphatic rings. The Morgan fingerprint density at radius 2 is 2.05 bits per heavy atom. The molecule has 0 radical (unpaired) electrons. The summed E-state index contributed by atoms with van der Waals surface area (Å²) in [6.45, 7) is 2.51. The molecule has 6 nitrogen and oxygen atoms in total. The number of hydrogen-bond acceptors (Lipinski definition) is 5. The Bertz CT molecular complexity index is 782. The van der Waals surface area contributed by atoms with Gasteiger partial charge in [-0.1, -0.05) is 12.1 Å². The van der Waals surface area contributed by atoms with Crippen molar-refractivity contribution < 1.29 is 0 Å². The molecule has 1 N–H and O–H groups in total. The number of anilines is 1. The summed E-state index contributed by atoms with van der Waals surface area (Å²) in [6, 6.07) is 9.53. The lowest BCUT2D eigenvalue weighted by molar-refractivity contribution is 1.000. The Morgan fingerprint density at radius 1 is 1.25 bits per heavy atom. The van der Waals surface area contributed by atoms with Crippen LogP contribution in [-0.4, -0.2) is 19.6 Å². The lowest BCUT2D eigenvalue weighted by Crippen LogP contribution is -2.04. The van der Waals surface area contributed by atoms with E-state index in [9.17, 15) is 0 Å². The van der Waals surface area contributed by atoms with Crippen LogP contribution in [0.2, 0.25) is 0 Å². The van der Waals surface area contributed by atoms with Crippen LogP contribution in [0, 0.1) is 18.3 Å². The van der Waals surface area contributed by atoms with Crippen molar-refractivity contribution in [3.63, 3.8) is 0 Å². The molecule has 0 amide bonds. The molecule has 1 aromatic carbocycles. The third-order valence-electron chi connectivity index (χ3n) is 3.04. The Morgan fingerprint density at radius 3 is 2.80 bits per heavy atom. The minimum Gasteiger partial charge on any atom is -0.363 e. The van der Waals surface area contributed by atoms with Crippen molar-refractivity contribution in [1.82, 2.24) is 19.6 Å². The molecule has 6 heteroatoms. The lowest BCUT2D eigenvalue weighted by Gasteiger charge is -2.06. The Kier molecular flexibility index (Phi) is 3.01. The highest BCUT2D eigenvalue weighted by Gasteiger charge is 2.07. The fraction of sp³-hybridized carbons (Fsp3) is 0.143. The van der Waals surface area contributed by atoms with Crippen LogP contribution in [-0.2, 0) is 6.54 Å². The monoisotopic (exact) mass is 264 g/mol. The second-order valence-corrected chi connectivity index (χ2v) is 4.38. The molecule has 0 atom stereocenters. The molecule has 0 aliphatic heterocycles. The summed E-state index contributed by atoms with van der Waals surface area (Å²) < 4.78 is 1.88. The molecule has 98 valence electrons. The molecule has 0 saturated carbocycles. The first kappa shape index (κ1) is 12.1. The van der Waals surface area contributed by atoms with Crippen molar-refractivity contribution in [2.75, 3.05) is 5.32 Å². The van der Waals surface area contributed by atoms with Gasteiger partial charge in [-0.2, -0.15) is 5.26 Å². The van der Waals surface area contributed by atoms with Gasteiger partial charge in [0.1, 0.15) is 5.82 Å². The van der Waals surface area contributed by atoms with Gasteiger partial charge in [-0.25, -0.2) is 4.98 Å². The lowest BCUT2D eigenvalue weighted by atomic mass is 10.1. The van der Waals surface area contributed by atoms with Crippen molar-refractivity contribution in [1.29, 1.82) is 5.26 Å². The largest absolute Gasteiger partial charge is 0.363 e. The van der Waals surface area contributed by atoms with E-state index in [0.717, 1.165) is 11.4 Å².